The van der Waals surface area contributed by atoms with Crippen LogP contribution in [0.4, 0.5) is 17.3 Å². The van der Waals surface area contributed by atoms with Crippen LogP contribution in [0.2, 0.25) is 0 Å². The van der Waals surface area contributed by atoms with Crippen molar-refractivity contribution in [3.63, 3.8) is 0 Å². The summed E-state index contributed by atoms with van der Waals surface area (Å²) < 4.78 is 5.62. The van der Waals surface area contributed by atoms with E-state index >= 15 is 0 Å². The molecule has 0 aliphatic heterocycles. The van der Waals surface area contributed by atoms with Gasteiger partial charge in [0.15, 0.2) is 0 Å². The lowest BCUT2D eigenvalue weighted by molar-refractivity contribution is 0.102. The van der Waals surface area contributed by atoms with E-state index < -0.39 is 0 Å². The molecule has 0 aliphatic rings. The van der Waals surface area contributed by atoms with Crippen molar-refractivity contribution in [3.8, 4) is 5.75 Å². The van der Waals surface area contributed by atoms with Crippen molar-refractivity contribution in [2.24, 2.45) is 0 Å². The Morgan fingerprint density at radius 2 is 1.79 bits per heavy atom. The van der Waals surface area contributed by atoms with E-state index in [0.717, 1.165) is 22.5 Å². The molecule has 0 spiro atoms. The molecule has 1 heterocycles. The van der Waals surface area contributed by atoms with Gasteiger partial charge in [-0.3, -0.25) is 4.79 Å². The first kappa shape index (κ1) is 19.4. The molecule has 28 heavy (non-hydrogen) atoms. The molecule has 1 aromatic heterocycles. The van der Waals surface area contributed by atoms with Crippen molar-refractivity contribution < 1.29 is 9.53 Å². The summed E-state index contributed by atoms with van der Waals surface area (Å²) in [6.07, 6.45) is 0. The summed E-state index contributed by atoms with van der Waals surface area (Å²) in [5, 5.41) is 6.07. The van der Waals surface area contributed by atoms with Gasteiger partial charge in [0, 0.05) is 11.4 Å². The predicted molar refractivity (Wildman–Crippen MR) is 112 cm³/mol. The number of carbonyl (C=O) groups excluding carboxylic acids is 1. The highest BCUT2D eigenvalue weighted by atomic mass is 16.5. The third kappa shape index (κ3) is 4.65. The van der Waals surface area contributed by atoms with E-state index in [-0.39, 0.29) is 5.91 Å². The zero-order chi connectivity index (χ0) is 20.1. The number of nitrogens with zero attached hydrogens (tertiary/aromatic N) is 2. The van der Waals surface area contributed by atoms with Crippen molar-refractivity contribution in [3.05, 3.63) is 71.0 Å². The quantitative estimate of drug-likeness (QED) is 0.646. The van der Waals surface area contributed by atoms with Crippen LogP contribution in [0.25, 0.3) is 0 Å². The standard InChI is InChI=1S/C22H24N4O2/c1-5-28-20-9-7-6-8-18(20)25-22-23-16(4)13-19(26-22)21(27)24-17-11-10-14(2)12-15(17)3/h6-13H,5H2,1-4H3,(H,24,27)(H,23,25,26). The number of nitrogens with one attached hydrogen (secondary N) is 2. The molecule has 0 bridgehead atoms. The monoisotopic (exact) mass is 376 g/mol. The second kappa shape index (κ2) is 8.52. The number of ether oxygens (including phenoxy) is 1. The Hall–Kier alpha value is -3.41. The molecule has 0 radical (unpaired) electrons. The van der Waals surface area contributed by atoms with Crippen LogP contribution < -0.4 is 15.4 Å². The summed E-state index contributed by atoms with van der Waals surface area (Å²) in [6, 6.07) is 15.1. The average molecular weight is 376 g/mol. The molecule has 0 atom stereocenters. The number of hydrogen-bond acceptors (Lipinski definition) is 5. The minimum atomic E-state index is -0.279. The molecule has 0 unspecified atom stereocenters. The van der Waals surface area contributed by atoms with Crippen molar-refractivity contribution in [1.82, 2.24) is 9.97 Å². The van der Waals surface area contributed by atoms with Gasteiger partial charge in [-0.25, -0.2) is 9.97 Å². The van der Waals surface area contributed by atoms with Gasteiger partial charge >= 0.3 is 0 Å². The van der Waals surface area contributed by atoms with E-state index in [1.807, 2.05) is 70.2 Å². The fraction of sp³-hybridized carbons (Fsp3) is 0.227. The van der Waals surface area contributed by atoms with Gasteiger partial charge in [-0.15, -0.1) is 0 Å². The number of aromatic nitrogens is 2. The lowest BCUT2D eigenvalue weighted by Crippen LogP contribution is -2.16. The molecule has 0 aliphatic carbocycles. The maximum absolute atomic E-state index is 12.7. The van der Waals surface area contributed by atoms with E-state index in [1.165, 1.54) is 0 Å². The zero-order valence-electron chi connectivity index (χ0n) is 16.5. The summed E-state index contributed by atoms with van der Waals surface area (Å²) in [5.41, 5.74) is 4.65. The molecule has 0 fully saturated rings. The molecule has 2 N–H and O–H groups in total. The van der Waals surface area contributed by atoms with E-state index in [2.05, 4.69) is 20.6 Å². The van der Waals surface area contributed by atoms with Gasteiger partial charge in [0.25, 0.3) is 5.91 Å². The maximum atomic E-state index is 12.7. The molecule has 144 valence electrons. The highest BCUT2D eigenvalue weighted by Gasteiger charge is 2.13. The molecule has 2 aromatic carbocycles. The Labute approximate surface area is 165 Å². The normalized spacial score (nSPS) is 10.4. The average Bonchev–Trinajstić information content (AvgIpc) is 2.65. The topological polar surface area (TPSA) is 76.1 Å². The summed E-state index contributed by atoms with van der Waals surface area (Å²) >= 11 is 0. The Balaban J connectivity index is 1.84. The van der Waals surface area contributed by atoms with Crippen LogP contribution in [0, 0.1) is 20.8 Å². The first-order chi connectivity index (χ1) is 13.5. The number of aryl methyl sites for hydroxylation is 3. The highest BCUT2D eigenvalue weighted by Crippen LogP contribution is 2.26. The maximum Gasteiger partial charge on any atom is 0.274 e. The molecular weight excluding hydrogens is 352 g/mol. The summed E-state index contributed by atoms with van der Waals surface area (Å²) in [4.78, 5) is 21.5. The van der Waals surface area contributed by atoms with Gasteiger partial charge in [0.2, 0.25) is 5.95 Å². The Kier molecular flexibility index (Phi) is 5.89. The van der Waals surface area contributed by atoms with E-state index in [1.54, 1.807) is 6.07 Å². The van der Waals surface area contributed by atoms with Crippen molar-refractivity contribution >= 4 is 23.2 Å². The van der Waals surface area contributed by atoms with Gasteiger partial charge in [-0.2, -0.15) is 0 Å². The van der Waals surface area contributed by atoms with E-state index in [9.17, 15) is 4.79 Å². The van der Waals surface area contributed by atoms with Gasteiger partial charge in [0.1, 0.15) is 11.4 Å². The van der Waals surface area contributed by atoms with Crippen LogP contribution in [-0.2, 0) is 0 Å². The van der Waals surface area contributed by atoms with Gasteiger partial charge in [0.05, 0.1) is 12.3 Å². The number of amides is 1. The lowest BCUT2D eigenvalue weighted by atomic mass is 10.1. The number of benzene rings is 2. The van der Waals surface area contributed by atoms with Crippen LogP contribution in [0.15, 0.2) is 48.5 Å². The second-order valence-corrected chi connectivity index (χ2v) is 6.54. The van der Waals surface area contributed by atoms with Gasteiger partial charge in [-0.05, 0) is 57.5 Å². The fourth-order valence-electron chi connectivity index (χ4n) is 2.85. The van der Waals surface area contributed by atoms with Crippen LogP contribution in [0.3, 0.4) is 0 Å². The Bertz CT molecular complexity index is 1000. The molecule has 6 heteroatoms. The predicted octanol–water partition coefficient (Wildman–Crippen LogP) is 4.80. The van der Waals surface area contributed by atoms with Crippen LogP contribution >= 0.6 is 0 Å². The SMILES string of the molecule is CCOc1ccccc1Nc1nc(C)cc(C(=O)Nc2ccc(C)cc2C)n1. The Morgan fingerprint density at radius 1 is 1.00 bits per heavy atom. The van der Waals surface area contributed by atoms with Crippen LogP contribution in [0.5, 0.6) is 5.75 Å². The van der Waals surface area contributed by atoms with Crippen LogP contribution in [0.1, 0.15) is 34.2 Å². The number of rotatable bonds is 6. The highest BCUT2D eigenvalue weighted by molar-refractivity contribution is 6.03. The summed E-state index contributed by atoms with van der Waals surface area (Å²) in [6.45, 7) is 8.29. The van der Waals surface area contributed by atoms with Crippen molar-refractivity contribution in [2.75, 3.05) is 17.2 Å². The zero-order valence-corrected chi connectivity index (χ0v) is 16.5. The van der Waals surface area contributed by atoms with Gasteiger partial charge < -0.3 is 15.4 Å². The lowest BCUT2D eigenvalue weighted by Gasteiger charge is -2.13. The summed E-state index contributed by atoms with van der Waals surface area (Å²) in [7, 11) is 0. The third-order valence-corrected chi connectivity index (χ3v) is 4.15. The largest absolute Gasteiger partial charge is 0.492 e. The fourth-order valence-corrected chi connectivity index (χ4v) is 2.85. The van der Waals surface area contributed by atoms with E-state index in [4.69, 9.17) is 4.74 Å². The summed E-state index contributed by atoms with van der Waals surface area (Å²) in [5.74, 6) is 0.771. The molecule has 3 rings (SSSR count). The molecule has 0 saturated heterocycles. The first-order valence-electron chi connectivity index (χ1n) is 9.19. The molecular formula is C22H24N4O2. The van der Waals surface area contributed by atoms with Gasteiger partial charge in [-0.1, -0.05) is 29.8 Å². The minimum Gasteiger partial charge on any atom is -0.492 e. The number of carbonyl (C=O) groups is 1. The number of para-hydroxylation sites is 2. The Morgan fingerprint density at radius 3 is 2.54 bits per heavy atom. The first-order valence-corrected chi connectivity index (χ1v) is 9.19. The van der Waals surface area contributed by atoms with E-state index in [0.29, 0.717) is 29.7 Å². The van der Waals surface area contributed by atoms with Crippen molar-refractivity contribution in [1.29, 1.82) is 0 Å². The molecule has 6 nitrogen and oxygen atoms in total. The number of hydrogen-bond donors (Lipinski definition) is 2. The third-order valence-electron chi connectivity index (χ3n) is 4.15. The molecule has 3 aromatic rings. The van der Waals surface area contributed by atoms with Crippen molar-refractivity contribution in [2.45, 2.75) is 27.7 Å². The van der Waals surface area contributed by atoms with Crippen LogP contribution in [-0.4, -0.2) is 22.5 Å². The second-order valence-electron chi connectivity index (χ2n) is 6.54. The minimum absolute atomic E-state index is 0.279. The smallest absolute Gasteiger partial charge is 0.274 e. The number of anilines is 3. The molecule has 0 saturated carbocycles. The molecule has 1 amide bonds.